The lowest BCUT2D eigenvalue weighted by Gasteiger charge is -2.52. The number of benzene rings is 2. The highest BCUT2D eigenvalue weighted by Crippen LogP contribution is 2.44. The van der Waals surface area contributed by atoms with E-state index in [1.807, 2.05) is 50.5 Å². The second-order valence-corrected chi connectivity index (χ2v) is 8.79. The second kappa shape index (κ2) is 7.19. The first kappa shape index (κ1) is 20.0. The summed E-state index contributed by atoms with van der Waals surface area (Å²) in [5, 5.41) is 12.2. The van der Waals surface area contributed by atoms with Gasteiger partial charge in [-0.3, -0.25) is 0 Å². The molecule has 0 radical (unpaired) electrons. The molecule has 1 amide bonds. The molecule has 1 aliphatic carbocycles. The Labute approximate surface area is 176 Å². The SMILES string of the molecule is C#CC1([C@@H](NC(=O)OCC2c3ccccc3-c3ccccc32)C(=O)O)C[N+](C)(C)C1. The predicted molar refractivity (Wildman–Crippen MR) is 113 cm³/mol. The summed E-state index contributed by atoms with van der Waals surface area (Å²) < 4.78 is 6.10. The van der Waals surface area contributed by atoms with Crippen molar-refractivity contribution < 1.29 is 23.9 Å². The number of hydrogen-bond donors (Lipinski definition) is 2. The molecule has 0 saturated carbocycles. The Hall–Kier alpha value is -3.30. The molecule has 1 fully saturated rings. The lowest BCUT2D eigenvalue weighted by atomic mass is 9.72. The molecule has 6 heteroatoms. The van der Waals surface area contributed by atoms with E-state index in [9.17, 15) is 14.7 Å². The number of carbonyl (C=O) groups is 2. The van der Waals surface area contributed by atoms with Gasteiger partial charge in [0.15, 0.2) is 11.5 Å². The van der Waals surface area contributed by atoms with Crippen LogP contribution in [0.25, 0.3) is 11.1 Å². The van der Waals surface area contributed by atoms with E-state index in [4.69, 9.17) is 11.2 Å². The normalized spacial score (nSPS) is 18.8. The van der Waals surface area contributed by atoms with Gasteiger partial charge in [-0.15, -0.1) is 6.42 Å². The van der Waals surface area contributed by atoms with Gasteiger partial charge in [-0.25, -0.2) is 9.59 Å². The molecule has 0 aromatic heterocycles. The molecular formula is C24H25N2O4+. The summed E-state index contributed by atoms with van der Waals surface area (Å²) in [6.07, 6.45) is 4.90. The van der Waals surface area contributed by atoms with E-state index in [2.05, 4.69) is 23.4 Å². The van der Waals surface area contributed by atoms with E-state index in [1.54, 1.807) is 0 Å². The smallest absolute Gasteiger partial charge is 0.407 e. The van der Waals surface area contributed by atoms with E-state index in [-0.39, 0.29) is 12.5 Å². The van der Waals surface area contributed by atoms with Gasteiger partial charge >= 0.3 is 12.1 Å². The van der Waals surface area contributed by atoms with E-state index < -0.39 is 23.5 Å². The summed E-state index contributed by atoms with van der Waals surface area (Å²) >= 11 is 0. The molecule has 6 nitrogen and oxygen atoms in total. The highest BCUT2D eigenvalue weighted by molar-refractivity contribution is 5.82. The molecule has 2 N–H and O–H groups in total. The summed E-state index contributed by atoms with van der Waals surface area (Å²) in [6.45, 7) is 1.07. The number of likely N-dealkylation sites (tertiary alicyclic amines) is 1. The Morgan fingerprint density at radius 3 is 2.17 bits per heavy atom. The fourth-order valence-corrected chi connectivity index (χ4v) is 5.03. The molecule has 4 rings (SSSR count). The molecule has 1 aliphatic heterocycles. The molecule has 1 saturated heterocycles. The molecule has 2 aromatic carbocycles. The van der Waals surface area contributed by atoms with Crippen LogP contribution in [-0.4, -0.2) is 61.5 Å². The molecule has 2 aromatic rings. The summed E-state index contributed by atoms with van der Waals surface area (Å²) in [6, 6.07) is 14.9. The maximum atomic E-state index is 12.5. The number of aliphatic carboxylic acids is 1. The van der Waals surface area contributed by atoms with E-state index in [0.717, 1.165) is 22.3 Å². The maximum Gasteiger partial charge on any atom is 0.407 e. The Morgan fingerprint density at radius 2 is 1.70 bits per heavy atom. The van der Waals surface area contributed by atoms with Crippen LogP contribution in [0.3, 0.4) is 0 Å². The third-order valence-corrected chi connectivity index (χ3v) is 6.11. The number of carboxylic acids is 1. The van der Waals surface area contributed by atoms with E-state index in [1.165, 1.54) is 0 Å². The first-order chi connectivity index (χ1) is 14.3. The van der Waals surface area contributed by atoms with E-state index in [0.29, 0.717) is 17.6 Å². The fraction of sp³-hybridized carbons (Fsp3) is 0.333. The number of carbonyl (C=O) groups excluding carboxylic acids is 1. The van der Waals surface area contributed by atoms with Gasteiger partial charge in [-0.1, -0.05) is 54.5 Å². The molecule has 1 heterocycles. The van der Waals surface area contributed by atoms with Gasteiger partial charge in [0.2, 0.25) is 0 Å². The fourth-order valence-electron chi connectivity index (χ4n) is 5.03. The number of terminal acetylenes is 1. The zero-order chi connectivity index (χ0) is 21.5. The molecule has 0 spiro atoms. The number of fused-ring (bicyclic) bond motifs is 3. The second-order valence-electron chi connectivity index (χ2n) is 8.79. The van der Waals surface area contributed by atoms with Crippen molar-refractivity contribution >= 4 is 12.1 Å². The average Bonchev–Trinajstić information content (AvgIpc) is 3.02. The Balaban J connectivity index is 1.47. The van der Waals surface area contributed by atoms with Gasteiger partial charge in [-0.2, -0.15) is 0 Å². The number of nitrogens with one attached hydrogen (secondary N) is 1. The van der Waals surface area contributed by atoms with Crippen LogP contribution in [0.1, 0.15) is 17.0 Å². The quantitative estimate of drug-likeness (QED) is 0.592. The zero-order valence-electron chi connectivity index (χ0n) is 17.1. The van der Waals surface area contributed by atoms with Gasteiger partial charge in [-0.05, 0) is 22.3 Å². The number of nitrogens with zero attached hydrogens (tertiary/aromatic N) is 1. The number of amides is 1. The van der Waals surface area contributed by atoms with Gasteiger partial charge in [0.05, 0.1) is 14.1 Å². The Kier molecular flexibility index (Phi) is 4.79. The van der Waals surface area contributed by atoms with Crippen molar-refractivity contribution in [2.45, 2.75) is 12.0 Å². The Morgan fingerprint density at radius 1 is 1.17 bits per heavy atom. The number of rotatable bonds is 5. The van der Waals surface area contributed by atoms with Crippen LogP contribution in [0.5, 0.6) is 0 Å². The highest BCUT2D eigenvalue weighted by Gasteiger charge is 2.59. The minimum Gasteiger partial charge on any atom is -0.480 e. The number of quaternary nitrogens is 1. The van der Waals surface area contributed by atoms with Crippen LogP contribution in [0, 0.1) is 17.8 Å². The minimum atomic E-state index is -1.19. The van der Waals surface area contributed by atoms with Crippen LogP contribution in [-0.2, 0) is 9.53 Å². The summed E-state index contributed by atoms with van der Waals surface area (Å²) in [5.74, 6) is 1.37. The lowest BCUT2D eigenvalue weighted by molar-refractivity contribution is -0.946. The van der Waals surface area contributed by atoms with Crippen molar-refractivity contribution in [2.75, 3.05) is 33.8 Å². The molecule has 30 heavy (non-hydrogen) atoms. The maximum absolute atomic E-state index is 12.5. The number of carboxylic acid groups (broad SMARTS) is 1. The summed E-state index contributed by atoms with van der Waals surface area (Å²) in [5.41, 5.74) is 3.54. The van der Waals surface area contributed by atoms with Crippen molar-refractivity contribution in [3.8, 4) is 23.5 Å². The van der Waals surface area contributed by atoms with Crippen molar-refractivity contribution in [2.24, 2.45) is 5.41 Å². The standard InChI is InChI=1S/C24H24N2O4/c1-4-24(14-26(2,3)15-24)21(22(27)28)25-23(29)30-13-20-18-11-7-5-9-16(18)17-10-6-8-12-19(17)20/h1,5-12,20-21H,13-15H2,2-3H3,(H-,25,27,28,29)/p+1/t21-/m0/s1. The highest BCUT2D eigenvalue weighted by atomic mass is 16.5. The van der Waals surface area contributed by atoms with E-state index >= 15 is 0 Å². The van der Waals surface area contributed by atoms with Gasteiger partial charge in [0.1, 0.15) is 19.7 Å². The molecule has 1 atom stereocenters. The van der Waals surface area contributed by atoms with Crippen molar-refractivity contribution in [3.63, 3.8) is 0 Å². The van der Waals surface area contributed by atoms with Gasteiger partial charge in [0.25, 0.3) is 0 Å². The topological polar surface area (TPSA) is 75.6 Å². The lowest BCUT2D eigenvalue weighted by Crippen LogP contribution is -2.73. The van der Waals surface area contributed by atoms with Crippen LogP contribution >= 0.6 is 0 Å². The van der Waals surface area contributed by atoms with Crippen molar-refractivity contribution in [1.82, 2.24) is 5.32 Å². The average molecular weight is 405 g/mol. The number of hydrogen-bond acceptors (Lipinski definition) is 3. The summed E-state index contributed by atoms with van der Waals surface area (Å²) in [4.78, 5) is 24.4. The van der Waals surface area contributed by atoms with Crippen LogP contribution in [0.2, 0.25) is 0 Å². The van der Waals surface area contributed by atoms with Crippen LogP contribution < -0.4 is 5.32 Å². The van der Waals surface area contributed by atoms with Gasteiger partial charge in [0, 0.05) is 5.92 Å². The Bertz CT molecular complexity index is 1000. The molecular weight excluding hydrogens is 380 g/mol. The van der Waals surface area contributed by atoms with Gasteiger partial charge < -0.3 is 19.6 Å². The predicted octanol–water partition coefficient (Wildman–Crippen LogP) is 2.69. The third kappa shape index (κ3) is 3.31. The monoisotopic (exact) mass is 405 g/mol. The largest absolute Gasteiger partial charge is 0.480 e. The molecule has 2 aliphatic rings. The zero-order valence-corrected chi connectivity index (χ0v) is 17.1. The molecule has 0 bridgehead atoms. The number of ether oxygens (including phenoxy) is 1. The van der Waals surface area contributed by atoms with Crippen molar-refractivity contribution in [3.05, 3.63) is 59.7 Å². The van der Waals surface area contributed by atoms with Crippen LogP contribution in [0.15, 0.2) is 48.5 Å². The van der Waals surface area contributed by atoms with Crippen LogP contribution in [0.4, 0.5) is 4.79 Å². The van der Waals surface area contributed by atoms with Crippen molar-refractivity contribution in [1.29, 1.82) is 0 Å². The minimum absolute atomic E-state index is 0.0904. The number of alkyl carbamates (subject to hydrolysis) is 1. The molecule has 154 valence electrons. The summed E-state index contributed by atoms with van der Waals surface area (Å²) in [7, 11) is 3.95. The third-order valence-electron chi connectivity index (χ3n) is 6.11. The molecule has 0 unspecified atom stereocenters. The first-order valence-electron chi connectivity index (χ1n) is 9.90. The first-order valence-corrected chi connectivity index (χ1v) is 9.90.